The molecule has 0 amide bonds. The fraction of sp³-hybridized carbons (Fsp3) is 0.571. The molecule has 0 bridgehead atoms. The number of halogens is 2. The SMILES string of the molecule is CNC(CCC(C)C)Cc1ccc(Cl)cc1F. The summed E-state index contributed by atoms with van der Waals surface area (Å²) in [6.45, 7) is 4.41. The van der Waals surface area contributed by atoms with Gasteiger partial charge in [0.15, 0.2) is 0 Å². The molecule has 0 heterocycles. The number of benzene rings is 1. The Morgan fingerprint density at radius 1 is 1.29 bits per heavy atom. The molecular weight excluding hydrogens is 237 g/mol. The number of likely N-dealkylation sites (N-methyl/N-ethyl adjacent to an activating group) is 1. The van der Waals surface area contributed by atoms with Gasteiger partial charge in [-0.05, 0) is 49.9 Å². The zero-order valence-electron chi connectivity index (χ0n) is 10.8. The smallest absolute Gasteiger partial charge is 0.127 e. The van der Waals surface area contributed by atoms with Crippen molar-refractivity contribution in [2.45, 2.75) is 39.2 Å². The fourth-order valence-corrected chi connectivity index (χ4v) is 1.99. The Morgan fingerprint density at radius 3 is 2.53 bits per heavy atom. The second-order valence-corrected chi connectivity index (χ2v) is 5.33. The lowest BCUT2D eigenvalue weighted by Gasteiger charge is -2.17. The maximum Gasteiger partial charge on any atom is 0.127 e. The van der Waals surface area contributed by atoms with Gasteiger partial charge in [0, 0.05) is 11.1 Å². The van der Waals surface area contributed by atoms with E-state index in [0.717, 1.165) is 18.4 Å². The minimum absolute atomic E-state index is 0.206. The van der Waals surface area contributed by atoms with Crippen molar-refractivity contribution in [3.8, 4) is 0 Å². The predicted molar refractivity (Wildman–Crippen MR) is 72.0 cm³/mol. The molecule has 1 aromatic carbocycles. The maximum absolute atomic E-state index is 13.6. The summed E-state index contributed by atoms with van der Waals surface area (Å²) in [5.41, 5.74) is 0.734. The molecule has 0 radical (unpaired) electrons. The van der Waals surface area contributed by atoms with Crippen LogP contribution in [0.2, 0.25) is 5.02 Å². The van der Waals surface area contributed by atoms with E-state index < -0.39 is 0 Å². The van der Waals surface area contributed by atoms with E-state index in [-0.39, 0.29) is 5.82 Å². The van der Waals surface area contributed by atoms with Crippen LogP contribution in [0, 0.1) is 11.7 Å². The summed E-state index contributed by atoms with van der Waals surface area (Å²) < 4.78 is 13.6. The van der Waals surface area contributed by atoms with Crippen LogP contribution in [0.4, 0.5) is 4.39 Å². The maximum atomic E-state index is 13.6. The number of rotatable bonds is 6. The number of hydrogen-bond acceptors (Lipinski definition) is 1. The first-order chi connectivity index (χ1) is 8.02. The first-order valence-corrected chi connectivity index (χ1v) is 6.52. The van der Waals surface area contributed by atoms with Crippen molar-refractivity contribution in [2.24, 2.45) is 5.92 Å². The van der Waals surface area contributed by atoms with Crippen LogP contribution in [0.1, 0.15) is 32.3 Å². The van der Waals surface area contributed by atoms with Gasteiger partial charge in [-0.1, -0.05) is 31.5 Å². The van der Waals surface area contributed by atoms with Gasteiger partial charge in [-0.25, -0.2) is 4.39 Å². The molecule has 1 aromatic rings. The van der Waals surface area contributed by atoms with Crippen LogP contribution in [0.15, 0.2) is 18.2 Å². The van der Waals surface area contributed by atoms with Crippen LogP contribution < -0.4 is 5.32 Å². The molecule has 1 N–H and O–H groups in total. The molecule has 1 nitrogen and oxygen atoms in total. The Labute approximate surface area is 108 Å². The van der Waals surface area contributed by atoms with E-state index in [0.29, 0.717) is 23.4 Å². The number of nitrogens with one attached hydrogen (secondary N) is 1. The summed E-state index contributed by atoms with van der Waals surface area (Å²) in [5.74, 6) is 0.475. The highest BCUT2D eigenvalue weighted by Gasteiger charge is 2.11. The molecule has 3 heteroatoms. The van der Waals surface area contributed by atoms with Gasteiger partial charge in [0.25, 0.3) is 0 Å². The first-order valence-electron chi connectivity index (χ1n) is 6.14. The van der Waals surface area contributed by atoms with Gasteiger partial charge in [0.1, 0.15) is 5.82 Å². The first kappa shape index (κ1) is 14.5. The van der Waals surface area contributed by atoms with Crippen LogP contribution in [0.3, 0.4) is 0 Å². The largest absolute Gasteiger partial charge is 0.317 e. The van der Waals surface area contributed by atoms with Gasteiger partial charge >= 0.3 is 0 Å². The summed E-state index contributed by atoms with van der Waals surface area (Å²) in [6, 6.07) is 5.23. The van der Waals surface area contributed by atoms with Gasteiger partial charge in [-0.3, -0.25) is 0 Å². The quantitative estimate of drug-likeness (QED) is 0.811. The summed E-state index contributed by atoms with van der Waals surface area (Å²) in [4.78, 5) is 0. The zero-order chi connectivity index (χ0) is 12.8. The summed E-state index contributed by atoms with van der Waals surface area (Å²) >= 11 is 5.73. The molecule has 0 fully saturated rings. The summed E-state index contributed by atoms with van der Waals surface area (Å²) in [7, 11) is 1.93. The van der Waals surface area contributed by atoms with Crippen LogP contribution in [-0.2, 0) is 6.42 Å². The molecule has 96 valence electrons. The van der Waals surface area contributed by atoms with Gasteiger partial charge in [0.2, 0.25) is 0 Å². The van der Waals surface area contributed by atoms with Gasteiger partial charge in [0.05, 0.1) is 0 Å². The van der Waals surface area contributed by atoms with Crippen molar-refractivity contribution < 1.29 is 4.39 Å². The Morgan fingerprint density at radius 2 is 2.00 bits per heavy atom. The third-order valence-corrected chi connectivity index (χ3v) is 3.22. The Bertz CT molecular complexity index is 352. The normalized spacial score (nSPS) is 13.1. The third-order valence-electron chi connectivity index (χ3n) is 2.98. The lowest BCUT2D eigenvalue weighted by molar-refractivity contribution is 0.445. The zero-order valence-corrected chi connectivity index (χ0v) is 11.5. The second kappa shape index (κ2) is 6.97. The molecule has 17 heavy (non-hydrogen) atoms. The highest BCUT2D eigenvalue weighted by molar-refractivity contribution is 6.30. The Kier molecular flexibility index (Phi) is 5.93. The van der Waals surface area contributed by atoms with E-state index in [1.165, 1.54) is 6.07 Å². The van der Waals surface area contributed by atoms with E-state index in [9.17, 15) is 4.39 Å². The average Bonchev–Trinajstić information content (AvgIpc) is 2.26. The van der Waals surface area contributed by atoms with Crippen molar-refractivity contribution in [1.82, 2.24) is 5.32 Å². The molecule has 0 aliphatic rings. The molecule has 0 aliphatic carbocycles. The van der Waals surface area contributed by atoms with E-state index in [1.807, 2.05) is 7.05 Å². The standard InChI is InChI=1S/C14H21ClFN/c1-10(2)4-7-13(17-3)8-11-5-6-12(15)9-14(11)16/h5-6,9-10,13,17H,4,7-8H2,1-3H3. The van der Waals surface area contributed by atoms with Crippen molar-refractivity contribution >= 4 is 11.6 Å². The third kappa shape index (κ3) is 5.05. The lowest BCUT2D eigenvalue weighted by atomic mass is 9.98. The van der Waals surface area contributed by atoms with Crippen molar-refractivity contribution in [3.63, 3.8) is 0 Å². The molecule has 0 aromatic heterocycles. The molecule has 1 unspecified atom stereocenters. The van der Waals surface area contributed by atoms with E-state index in [4.69, 9.17) is 11.6 Å². The Hall–Kier alpha value is -0.600. The fourth-order valence-electron chi connectivity index (χ4n) is 1.84. The van der Waals surface area contributed by atoms with E-state index in [1.54, 1.807) is 12.1 Å². The summed E-state index contributed by atoms with van der Waals surface area (Å²) in [6.07, 6.45) is 2.93. The van der Waals surface area contributed by atoms with Gasteiger partial charge in [-0.2, -0.15) is 0 Å². The summed E-state index contributed by atoms with van der Waals surface area (Å²) in [5, 5.41) is 3.70. The second-order valence-electron chi connectivity index (χ2n) is 4.90. The minimum Gasteiger partial charge on any atom is -0.317 e. The van der Waals surface area contributed by atoms with Crippen LogP contribution in [-0.4, -0.2) is 13.1 Å². The van der Waals surface area contributed by atoms with Crippen molar-refractivity contribution in [3.05, 3.63) is 34.6 Å². The minimum atomic E-state index is -0.206. The number of hydrogen-bond donors (Lipinski definition) is 1. The molecular formula is C14H21ClFN. The average molecular weight is 258 g/mol. The van der Waals surface area contributed by atoms with Crippen LogP contribution in [0.5, 0.6) is 0 Å². The molecule has 0 saturated carbocycles. The molecule has 1 rings (SSSR count). The predicted octanol–water partition coefficient (Wildman–Crippen LogP) is 4.05. The van der Waals surface area contributed by atoms with Crippen LogP contribution >= 0.6 is 11.6 Å². The van der Waals surface area contributed by atoms with E-state index in [2.05, 4.69) is 19.2 Å². The molecule has 0 saturated heterocycles. The van der Waals surface area contributed by atoms with Gasteiger partial charge in [-0.15, -0.1) is 0 Å². The van der Waals surface area contributed by atoms with Crippen molar-refractivity contribution in [2.75, 3.05) is 7.05 Å². The Balaban J connectivity index is 2.60. The van der Waals surface area contributed by atoms with Crippen LogP contribution in [0.25, 0.3) is 0 Å². The van der Waals surface area contributed by atoms with Gasteiger partial charge < -0.3 is 5.32 Å². The molecule has 1 atom stereocenters. The lowest BCUT2D eigenvalue weighted by Crippen LogP contribution is -2.28. The topological polar surface area (TPSA) is 12.0 Å². The highest BCUT2D eigenvalue weighted by atomic mass is 35.5. The highest BCUT2D eigenvalue weighted by Crippen LogP contribution is 2.18. The van der Waals surface area contributed by atoms with E-state index >= 15 is 0 Å². The molecule has 0 spiro atoms. The van der Waals surface area contributed by atoms with Crippen molar-refractivity contribution in [1.29, 1.82) is 0 Å². The molecule has 0 aliphatic heterocycles. The monoisotopic (exact) mass is 257 g/mol.